The number of rotatable bonds is 5. The van der Waals surface area contributed by atoms with Crippen LogP contribution < -0.4 is 5.32 Å². The van der Waals surface area contributed by atoms with Gasteiger partial charge in [0, 0.05) is 13.1 Å². The number of nitrogens with one attached hydrogen (secondary N) is 1. The number of carbonyl (C=O) groups is 2. The van der Waals surface area contributed by atoms with Crippen molar-refractivity contribution in [1.82, 2.24) is 10.2 Å². The van der Waals surface area contributed by atoms with Crippen LogP contribution in [0.1, 0.15) is 34.1 Å². The maximum absolute atomic E-state index is 12.2. The number of carbonyl (C=O) groups excluding carboxylic acids is 1. The second kappa shape index (κ2) is 6.92. The molecule has 0 aromatic carbocycles. The minimum Gasteiger partial charge on any atom is -0.481 e. The third-order valence-corrected chi connectivity index (χ3v) is 3.50. The lowest BCUT2D eigenvalue weighted by molar-refractivity contribution is -0.142. The Morgan fingerprint density at radius 2 is 2.05 bits per heavy atom. The van der Waals surface area contributed by atoms with Gasteiger partial charge in [-0.15, -0.1) is 0 Å². The topological polar surface area (TPSA) is 78.9 Å². The molecule has 6 heteroatoms. The van der Waals surface area contributed by atoms with Gasteiger partial charge < -0.3 is 20.1 Å². The van der Waals surface area contributed by atoms with Gasteiger partial charge in [-0.2, -0.15) is 0 Å². The van der Waals surface area contributed by atoms with E-state index < -0.39 is 11.9 Å². The molecule has 1 atom stereocenters. The summed E-state index contributed by atoms with van der Waals surface area (Å²) in [6, 6.07) is -0.215. The van der Waals surface area contributed by atoms with E-state index >= 15 is 0 Å². The molecule has 0 aromatic heterocycles. The molecule has 0 aliphatic carbocycles. The van der Waals surface area contributed by atoms with E-state index in [-0.39, 0.29) is 24.0 Å². The van der Waals surface area contributed by atoms with Gasteiger partial charge in [0.25, 0.3) is 0 Å². The summed E-state index contributed by atoms with van der Waals surface area (Å²) in [5, 5.41) is 11.9. The van der Waals surface area contributed by atoms with E-state index in [1.807, 2.05) is 27.7 Å². The Balaban J connectivity index is 2.54. The van der Waals surface area contributed by atoms with Gasteiger partial charge in [-0.1, -0.05) is 13.8 Å². The molecule has 0 spiro atoms. The van der Waals surface area contributed by atoms with Crippen LogP contribution >= 0.6 is 0 Å². The van der Waals surface area contributed by atoms with Crippen LogP contribution in [0.2, 0.25) is 0 Å². The van der Waals surface area contributed by atoms with E-state index in [9.17, 15) is 9.59 Å². The first kappa shape index (κ1) is 16.8. The SMILES string of the molecule is CC(C)CC(CNC(=O)N1CCOCC1(C)C)C(=O)O. The first-order valence-electron chi connectivity index (χ1n) is 7.10. The molecule has 0 radical (unpaired) electrons. The van der Waals surface area contributed by atoms with Gasteiger partial charge in [0.1, 0.15) is 0 Å². The van der Waals surface area contributed by atoms with Crippen LogP contribution in [0.15, 0.2) is 0 Å². The molecule has 0 aromatic rings. The summed E-state index contributed by atoms with van der Waals surface area (Å²) < 4.78 is 5.37. The van der Waals surface area contributed by atoms with Crippen LogP contribution in [0.25, 0.3) is 0 Å². The van der Waals surface area contributed by atoms with Crippen LogP contribution in [-0.2, 0) is 9.53 Å². The summed E-state index contributed by atoms with van der Waals surface area (Å²) in [6.45, 7) is 9.54. The van der Waals surface area contributed by atoms with E-state index in [1.165, 1.54) is 0 Å². The van der Waals surface area contributed by atoms with Crippen LogP contribution in [0.5, 0.6) is 0 Å². The molecule has 2 amide bonds. The largest absolute Gasteiger partial charge is 0.481 e. The molecule has 1 rings (SSSR count). The highest BCUT2D eigenvalue weighted by atomic mass is 16.5. The Labute approximate surface area is 120 Å². The van der Waals surface area contributed by atoms with E-state index in [1.54, 1.807) is 4.90 Å². The average Bonchev–Trinajstić information content (AvgIpc) is 2.32. The van der Waals surface area contributed by atoms with Gasteiger partial charge in [-0.05, 0) is 26.2 Å². The first-order chi connectivity index (χ1) is 9.24. The van der Waals surface area contributed by atoms with Crippen molar-refractivity contribution < 1.29 is 19.4 Å². The zero-order valence-electron chi connectivity index (χ0n) is 12.8. The van der Waals surface area contributed by atoms with Crippen molar-refractivity contribution in [2.24, 2.45) is 11.8 Å². The number of hydrogen-bond acceptors (Lipinski definition) is 3. The van der Waals surface area contributed by atoms with Crippen LogP contribution in [0.3, 0.4) is 0 Å². The number of ether oxygens (including phenoxy) is 1. The zero-order valence-corrected chi connectivity index (χ0v) is 12.8. The van der Waals surface area contributed by atoms with Crippen LogP contribution in [0.4, 0.5) is 4.79 Å². The van der Waals surface area contributed by atoms with Crippen molar-refractivity contribution in [3.63, 3.8) is 0 Å². The summed E-state index contributed by atoms with van der Waals surface area (Å²) in [5.41, 5.74) is -0.362. The van der Waals surface area contributed by atoms with Crippen molar-refractivity contribution in [2.75, 3.05) is 26.3 Å². The fourth-order valence-electron chi connectivity index (χ4n) is 2.38. The number of hydrogen-bond donors (Lipinski definition) is 2. The predicted octanol–water partition coefficient (Wildman–Crippen LogP) is 1.55. The third-order valence-electron chi connectivity index (χ3n) is 3.50. The van der Waals surface area contributed by atoms with Crippen molar-refractivity contribution >= 4 is 12.0 Å². The van der Waals surface area contributed by atoms with E-state index in [4.69, 9.17) is 9.84 Å². The van der Waals surface area contributed by atoms with Gasteiger partial charge in [0.05, 0.1) is 24.7 Å². The summed E-state index contributed by atoms with van der Waals surface area (Å²) in [5.74, 6) is -1.11. The maximum atomic E-state index is 12.2. The van der Waals surface area contributed by atoms with Gasteiger partial charge in [-0.25, -0.2) is 4.79 Å². The van der Waals surface area contributed by atoms with Gasteiger partial charge in [0.2, 0.25) is 0 Å². The van der Waals surface area contributed by atoms with Gasteiger partial charge in [0.15, 0.2) is 0 Å². The summed E-state index contributed by atoms with van der Waals surface area (Å²) in [6.07, 6.45) is 0.558. The van der Waals surface area contributed by atoms with Gasteiger partial charge >= 0.3 is 12.0 Å². The minimum atomic E-state index is -0.861. The lowest BCUT2D eigenvalue weighted by Gasteiger charge is -2.42. The Bertz CT molecular complexity index is 355. The lowest BCUT2D eigenvalue weighted by atomic mass is 9.97. The normalized spacial score (nSPS) is 19.8. The Morgan fingerprint density at radius 1 is 1.40 bits per heavy atom. The molecule has 20 heavy (non-hydrogen) atoms. The lowest BCUT2D eigenvalue weighted by Crippen LogP contribution is -2.58. The monoisotopic (exact) mass is 286 g/mol. The molecule has 1 heterocycles. The van der Waals surface area contributed by atoms with Crippen LogP contribution in [0, 0.1) is 11.8 Å². The Morgan fingerprint density at radius 3 is 2.55 bits per heavy atom. The molecule has 1 aliphatic heterocycles. The van der Waals surface area contributed by atoms with Crippen molar-refractivity contribution in [3.05, 3.63) is 0 Å². The fourth-order valence-corrected chi connectivity index (χ4v) is 2.38. The number of carboxylic acid groups (broad SMARTS) is 1. The molecule has 1 aliphatic rings. The second-order valence-electron chi connectivity index (χ2n) is 6.37. The zero-order chi connectivity index (χ0) is 15.3. The van der Waals surface area contributed by atoms with E-state index in [0.29, 0.717) is 26.2 Å². The maximum Gasteiger partial charge on any atom is 0.318 e. The highest BCUT2D eigenvalue weighted by Gasteiger charge is 2.34. The minimum absolute atomic E-state index is 0.166. The Kier molecular flexibility index (Phi) is 5.80. The number of carboxylic acids is 1. The quantitative estimate of drug-likeness (QED) is 0.804. The van der Waals surface area contributed by atoms with E-state index in [0.717, 1.165) is 0 Å². The fraction of sp³-hybridized carbons (Fsp3) is 0.857. The molecule has 116 valence electrons. The predicted molar refractivity (Wildman–Crippen MR) is 75.6 cm³/mol. The standard InChI is InChI=1S/C14H26N2O4/c1-10(2)7-11(12(17)18)8-15-13(19)16-5-6-20-9-14(16,3)4/h10-11H,5-9H2,1-4H3,(H,15,19)(H,17,18). The molecule has 1 fully saturated rings. The number of morpholine rings is 1. The van der Waals surface area contributed by atoms with Gasteiger partial charge in [-0.3, -0.25) is 4.79 Å². The highest BCUT2D eigenvalue weighted by molar-refractivity contribution is 5.76. The molecular formula is C14H26N2O4. The van der Waals surface area contributed by atoms with Crippen LogP contribution in [-0.4, -0.2) is 53.8 Å². The van der Waals surface area contributed by atoms with Crippen molar-refractivity contribution in [3.8, 4) is 0 Å². The summed E-state index contributed by atoms with van der Waals surface area (Å²) >= 11 is 0. The summed E-state index contributed by atoms with van der Waals surface area (Å²) in [4.78, 5) is 25.1. The molecule has 0 saturated carbocycles. The van der Waals surface area contributed by atoms with Crippen molar-refractivity contribution in [1.29, 1.82) is 0 Å². The molecule has 1 saturated heterocycles. The summed E-state index contributed by atoms with van der Waals surface area (Å²) in [7, 11) is 0. The average molecular weight is 286 g/mol. The molecule has 6 nitrogen and oxygen atoms in total. The Hall–Kier alpha value is -1.30. The second-order valence-corrected chi connectivity index (χ2v) is 6.37. The third kappa shape index (κ3) is 4.67. The number of aliphatic carboxylic acids is 1. The number of nitrogens with zero attached hydrogens (tertiary/aromatic N) is 1. The smallest absolute Gasteiger partial charge is 0.318 e. The number of urea groups is 1. The molecule has 2 N–H and O–H groups in total. The molecule has 0 bridgehead atoms. The number of amides is 2. The first-order valence-corrected chi connectivity index (χ1v) is 7.10. The van der Waals surface area contributed by atoms with Crippen molar-refractivity contribution in [2.45, 2.75) is 39.7 Å². The highest BCUT2D eigenvalue weighted by Crippen LogP contribution is 2.19. The molecule has 1 unspecified atom stereocenters. The van der Waals surface area contributed by atoms with E-state index in [2.05, 4.69) is 5.32 Å². The molecular weight excluding hydrogens is 260 g/mol.